The van der Waals surface area contributed by atoms with Gasteiger partial charge in [-0.25, -0.2) is 0 Å². The van der Waals surface area contributed by atoms with Crippen LogP contribution in [0.15, 0.2) is 28.7 Å². The van der Waals surface area contributed by atoms with Crippen LogP contribution >= 0.6 is 15.9 Å². The molecule has 1 nitrogen and oxygen atoms in total. The van der Waals surface area contributed by atoms with Crippen LogP contribution in [0, 0.1) is 28.6 Å². The molecular weight excluding hydrogens is 322 g/mol. The molecule has 0 saturated heterocycles. The first kappa shape index (κ1) is 13.1. The lowest BCUT2D eigenvalue weighted by molar-refractivity contribution is 0.0101. The van der Waals surface area contributed by atoms with Crippen molar-refractivity contribution in [2.75, 3.05) is 0 Å². The van der Waals surface area contributed by atoms with Gasteiger partial charge in [-0.2, -0.15) is 0 Å². The van der Waals surface area contributed by atoms with E-state index in [4.69, 9.17) is 0 Å². The predicted molar refractivity (Wildman–Crippen MR) is 88.9 cm³/mol. The second-order valence-corrected chi connectivity index (χ2v) is 9.25. The van der Waals surface area contributed by atoms with Crippen molar-refractivity contribution in [3.05, 3.63) is 34.3 Å². The van der Waals surface area contributed by atoms with Gasteiger partial charge in [0.1, 0.15) is 0 Å². The van der Waals surface area contributed by atoms with Crippen LogP contribution in [0.3, 0.4) is 0 Å². The molecule has 2 heteroatoms. The molecule has 0 radical (unpaired) electrons. The number of rotatable bonds is 4. The summed E-state index contributed by atoms with van der Waals surface area (Å²) in [5.41, 5.74) is 2.85. The molecule has 5 rings (SSSR count). The first-order valence-electron chi connectivity index (χ1n) is 8.61. The summed E-state index contributed by atoms with van der Waals surface area (Å²) in [6, 6.07) is 9.40. The van der Waals surface area contributed by atoms with E-state index in [1.54, 1.807) is 19.3 Å². The molecule has 21 heavy (non-hydrogen) atoms. The number of hydrogen-bond acceptors (Lipinski definition) is 1. The van der Waals surface area contributed by atoms with Crippen LogP contribution in [0.1, 0.15) is 44.6 Å². The SMILES string of the molecule is CC(NCc1cccc(Br)c1)C12CC3CC4CC1(C2)C4C3. The summed E-state index contributed by atoms with van der Waals surface area (Å²) in [6.07, 6.45) is 7.76. The minimum atomic E-state index is 0.666. The molecule has 0 aromatic heterocycles. The van der Waals surface area contributed by atoms with Crippen molar-refractivity contribution in [2.45, 2.75) is 51.6 Å². The fourth-order valence-corrected chi connectivity index (χ4v) is 7.17. The Kier molecular flexibility index (Phi) is 2.59. The van der Waals surface area contributed by atoms with E-state index in [9.17, 15) is 0 Å². The second-order valence-electron chi connectivity index (χ2n) is 8.33. The normalized spacial score (nSPS) is 46.7. The van der Waals surface area contributed by atoms with Crippen LogP contribution in [-0.2, 0) is 6.54 Å². The maximum atomic E-state index is 3.88. The Morgan fingerprint density at radius 1 is 1.33 bits per heavy atom. The van der Waals surface area contributed by atoms with Crippen LogP contribution in [-0.4, -0.2) is 6.04 Å². The molecular formula is C19H24BrN. The van der Waals surface area contributed by atoms with E-state index in [-0.39, 0.29) is 0 Å². The zero-order valence-corrected chi connectivity index (χ0v) is 14.3. The van der Waals surface area contributed by atoms with Crippen molar-refractivity contribution in [3.63, 3.8) is 0 Å². The minimum absolute atomic E-state index is 0.666. The summed E-state index contributed by atoms with van der Waals surface area (Å²) in [6.45, 7) is 3.47. The largest absolute Gasteiger partial charge is 0.310 e. The summed E-state index contributed by atoms with van der Waals surface area (Å²) in [7, 11) is 0. The average molecular weight is 346 g/mol. The highest BCUT2D eigenvalue weighted by Gasteiger charge is 2.81. The Morgan fingerprint density at radius 3 is 3.10 bits per heavy atom. The molecule has 1 spiro atoms. The van der Waals surface area contributed by atoms with E-state index in [1.807, 2.05) is 0 Å². The van der Waals surface area contributed by atoms with Crippen molar-refractivity contribution in [2.24, 2.45) is 28.6 Å². The lowest BCUT2D eigenvalue weighted by atomic mass is 9.57. The zero-order valence-electron chi connectivity index (χ0n) is 12.7. The molecule has 4 aliphatic rings. The Bertz CT molecular complexity index is 599. The summed E-state index contributed by atoms with van der Waals surface area (Å²) in [4.78, 5) is 0. The molecule has 6 unspecified atom stereocenters. The Morgan fingerprint density at radius 2 is 2.24 bits per heavy atom. The van der Waals surface area contributed by atoms with E-state index < -0.39 is 0 Å². The lowest BCUT2D eigenvalue weighted by Crippen LogP contribution is -2.47. The highest BCUT2D eigenvalue weighted by molar-refractivity contribution is 9.10. The van der Waals surface area contributed by atoms with Crippen molar-refractivity contribution >= 4 is 15.9 Å². The Balaban J connectivity index is 1.31. The van der Waals surface area contributed by atoms with Crippen molar-refractivity contribution in [3.8, 4) is 0 Å². The molecule has 112 valence electrons. The molecule has 1 aromatic rings. The van der Waals surface area contributed by atoms with Crippen LogP contribution in [0.25, 0.3) is 0 Å². The van der Waals surface area contributed by atoms with Crippen LogP contribution in [0.4, 0.5) is 0 Å². The minimum Gasteiger partial charge on any atom is -0.310 e. The number of benzene rings is 1. The molecule has 0 aliphatic heterocycles. The standard InChI is InChI=1S/C19H24BrN/c1-12(21-10-13-3-2-4-16(20)6-13)18-8-14-5-15-9-19(18,11-18)17(15)7-14/h2-4,6,12,14-15,17,21H,5,7-11H2,1H3. The van der Waals surface area contributed by atoms with Gasteiger partial charge in [-0.15, -0.1) is 0 Å². The molecule has 4 fully saturated rings. The molecule has 4 saturated carbocycles. The van der Waals surface area contributed by atoms with Gasteiger partial charge < -0.3 is 5.32 Å². The van der Waals surface area contributed by atoms with Gasteiger partial charge in [-0.3, -0.25) is 0 Å². The Labute approximate surface area is 136 Å². The maximum Gasteiger partial charge on any atom is 0.0208 e. The fourth-order valence-electron chi connectivity index (χ4n) is 6.73. The lowest BCUT2D eigenvalue weighted by Gasteiger charge is -2.48. The molecule has 6 atom stereocenters. The van der Waals surface area contributed by atoms with Gasteiger partial charge in [-0.1, -0.05) is 28.1 Å². The number of halogens is 1. The Hall–Kier alpha value is -0.340. The average Bonchev–Trinajstić information content (AvgIpc) is 3.08. The van der Waals surface area contributed by atoms with Crippen LogP contribution in [0.5, 0.6) is 0 Å². The van der Waals surface area contributed by atoms with Gasteiger partial charge in [-0.05, 0) is 85.3 Å². The van der Waals surface area contributed by atoms with Gasteiger partial charge in [0, 0.05) is 17.1 Å². The first-order chi connectivity index (χ1) is 10.1. The van der Waals surface area contributed by atoms with Gasteiger partial charge in [0.15, 0.2) is 0 Å². The molecule has 1 aromatic carbocycles. The first-order valence-corrected chi connectivity index (χ1v) is 9.40. The van der Waals surface area contributed by atoms with Crippen molar-refractivity contribution in [1.82, 2.24) is 5.32 Å². The molecule has 1 N–H and O–H groups in total. The summed E-state index contributed by atoms with van der Waals surface area (Å²) >= 11 is 3.58. The maximum absolute atomic E-state index is 3.88. The molecule has 4 aliphatic carbocycles. The van der Waals surface area contributed by atoms with Crippen molar-refractivity contribution < 1.29 is 0 Å². The smallest absolute Gasteiger partial charge is 0.0208 e. The third-order valence-electron chi connectivity index (χ3n) is 7.61. The monoisotopic (exact) mass is 345 g/mol. The van der Waals surface area contributed by atoms with Crippen LogP contribution < -0.4 is 5.32 Å². The molecule has 2 bridgehead atoms. The predicted octanol–water partition coefficient (Wildman–Crippen LogP) is 4.75. The number of hydrogen-bond donors (Lipinski definition) is 1. The second kappa shape index (κ2) is 4.14. The fraction of sp³-hybridized carbons (Fsp3) is 0.684. The van der Waals surface area contributed by atoms with E-state index in [2.05, 4.69) is 52.4 Å². The van der Waals surface area contributed by atoms with Gasteiger partial charge >= 0.3 is 0 Å². The molecule has 0 amide bonds. The number of fused-ring (bicyclic) bond motifs is 1. The highest BCUT2D eigenvalue weighted by Crippen LogP contribution is 2.87. The zero-order chi connectivity index (χ0) is 14.2. The quantitative estimate of drug-likeness (QED) is 0.829. The summed E-state index contributed by atoms with van der Waals surface area (Å²) < 4.78 is 1.19. The third-order valence-corrected chi connectivity index (χ3v) is 8.10. The topological polar surface area (TPSA) is 12.0 Å². The van der Waals surface area contributed by atoms with Crippen LogP contribution in [0.2, 0.25) is 0 Å². The summed E-state index contributed by atoms with van der Waals surface area (Å²) in [5.74, 6) is 3.30. The molecule has 0 heterocycles. The number of nitrogens with one attached hydrogen (secondary N) is 1. The van der Waals surface area contributed by atoms with Gasteiger partial charge in [0.25, 0.3) is 0 Å². The van der Waals surface area contributed by atoms with E-state index in [1.165, 1.54) is 22.9 Å². The van der Waals surface area contributed by atoms with Gasteiger partial charge in [0.05, 0.1) is 0 Å². The van der Waals surface area contributed by atoms with Crippen molar-refractivity contribution in [1.29, 1.82) is 0 Å². The van der Waals surface area contributed by atoms with E-state index in [0.29, 0.717) is 11.5 Å². The van der Waals surface area contributed by atoms with E-state index in [0.717, 1.165) is 29.7 Å². The summed E-state index contributed by atoms with van der Waals surface area (Å²) in [5, 5.41) is 3.88. The van der Waals surface area contributed by atoms with Gasteiger partial charge in [0.2, 0.25) is 0 Å². The van der Waals surface area contributed by atoms with E-state index >= 15 is 0 Å². The third kappa shape index (κ3) is 1.61. The highest BCUT2D eigenvalue weighted by atomic mass is 79.9.